The molecule has 126 valence electrons. The van der Waals surface area contributed by atoms with Gasteiger partial charge in [0.2, 0.25) is 0 Å². The van der Waals surface area contributed by atoms with E-state index in [2.05, 4.69) is 34.1 Å². The van der Waals surface area contributed by atoms with Crippen LogP contribution in [0.25, 0.3) is 0 Å². The van der Waals surface area contributed by atoms with Gasteiger partial charge in [-0.3, -0.25) is 4.90 Å². The maximum atomic E-state index is 13.9. The molecular formula is C21H25FN2. The van der Waals surface area contributed by atoms with Crippen molar-refractivity contribution in [2.45, 2.75) is 38.3 Å². The highest BCUT2D eigenvalue weighted by Gasteiger charge is 2.31. The molecule has 2 nitrogen and oxygen atoms in total. The van der Waals surface area contributed by atoms with Gasteiger partial charge in [-0.25, -0.2) is 4.39 Å². The Labute approximate surface area is 143 Å². The van der Waals surface area contributed by atoms with Crippen LogP contribution in [-0.4, -0.2) is 30.7 Å². The molecule has 0 aliphatic carbocycles. The monoisotopic (exact) mass is 324 g/mol. The molecule has 2 heterocycles. The molecular weight excluding hydrogens is 299 g/mol. The average molecular weight is 324 g/mol. The summed E-state index contributed by atoms with van der Waals surface area (Å²) in [5, 5.41) is 0. The van der Waals surface area contributed by atoms with E-state index in [9.17, 15) is 4.39 Å². The minimum Gasteiger partial charge on any atom is -0.355 e. The minimum atomic E-state index is -0.0717. The zero-order chi connectivity index (χ0) is 16.4. The Kier molecular flexibility index (Phi) is 4.52. The summed E-state index contributed by atoms with van der Waals surface area (Å²) in [5.74, 6) is -0.0717. The van der Waals surface area contributed by atoms with Crippen LogP contribution >= 0.6 is 0 Å². The third-order valence-electron chi connectivity index (χ3n) is 5.49. The van der Waals surface area contributed by atoms with Gasteiger partial charge < -0.3 is 4.90 Å². The second-order valence-electron chi connectivity index (χ2n) is 6.93. The van der Waals surface area contributed by atoms with E-state index >= 15 is 0 Å². The number of hydrogen-bond acceptors (Lipinski definition) is 2. The first kappa shape index (κ1) is 15.6. The summed E-state index contributed by atoms with van der Waals surface area (Å²) in [6, 6.07) is 16.0. The Bertz CT molecular complexity index is 700. The molecule has 2 aliphatic rings. The lowest BCUT2D eigenvalue weighted by Crippen LogP contribution is -2.51. The Morgan fingerprint density at radius 3 is 2.71 bits per heavy atom. The highest BCUT2D eigenvalue weighted by molar-refractivity contribution is 5.58. The van der Waals surface area contributed by atoms with E-state index in [4.69, 9.17) is 0 Å². The Balaban J connectivity index is 1.49. The van der Waals surface area contributed by atoms with Crippen molar-refractivity contribution < 1.29 is 4.39 Å². The van der Waals surface area contributed by atoms with Gasteiger partial charge in [0.15, 0.2) is 0 Å². The highest BCUT2D eigenvalue weighted by atomic mass is 19.1. The molecule has 1 fully saturated rings. The Morgan fingerprint density at radius 2 is 1.79 bits per heavy atom. The number of halogens is 1. The molecule has 0 N–H and O–H groups in total. The van der Waals surface area contributed by atoms with Crippen molar-refractivity contribution in [3.8, 4) is 0 Å². The molecule has 0 amide bonds. The van der Waals surface area contributed by atoms with Crippen LogP contribution in [0.5, 0.6) is 0 Å². The van der Waals surface area contributed by atoms with Crippen molar-refractivity contribution in [3.63, 3.8) is 0 Å². The molecule has 0 aromatic heterocycles. The molecule has 4 rings (SSSR count). The number of fused-ring (bicyclic) bond motifs is 1. The van der Waals surface area contributed by atoms with Crippen LogP contribution in [0.1, 0.15) is 30.4 Å². The number of rotatable bonds is 4. The number of para-hydroxylation sites is 1. The molecule has 0 saturated carbocycles. The lowest BCUT2D eigenvalue weighted by molar-refractivity contribution is 0.146. The van der Waals surface area contributed by atoms with Gasteiger partial charge in [0, 0.05) is 25.3 Å². The predicted molar refractivity (Wildman–Crippen MR) is 96.8 cm³/mol. The molecule has 1 saturated heterocycles. The fraction of sp³-hybridized carbons (Fsp3) is 0.429. The Morgan fingerprint density at radius 1 is 0.958 bits per heavy atom. The van der Waals surface area contributed by atoms with Crippen LogP contribution in [-0.2, 0) is 12.8 Å². The molecule has 0 spiro atoms. The molecule has 3 heteroatoms. The summed E-state index contributed by atoms with van der Waals surface area (Å²) in [4.78, 5) is 5.15. The Hall–Kier alpha value is -1.87. The number of anilines is 1. The standard InChI is InChI=1S/C21H25FN2/c22-19-9-3-1-7-17(19)12-15-23-14-6-5-11-21(23)24-16-13-18-8-2-4-10-20(18)24/h1-4,7-10,21H,5-6,11-16H2. The number of nitrogens with zero attached hydrogens (tertiary/aromatic N) is 2. The SMILES string of the molecule is Fc1ccccc1CCN1CCCCC1N1CCc2ccccc21. The minimum absolute atomic E-state index is 0.0717. The van der Waals surface area contributed by atoms with Gasteiger partial charge in [0.1, 0.15) is 5.82 Å². The van der Waals surface area contributed by atoms with E-state index in [1.165, 1.54) is 30.5 Å². The summed E-state index contributed by atoms with van der Waals surface area (Å²) in [6.07, 6.45) is 6.16. The van der Waals surface area contributed by atoms with Crippen molar-refractivity contribution >= 4 is 5.69 Å². The summed E-state index contributed by atoms with van der Waals surface area (Å²) in [7, 11) is 0. The third-order valence-corrected chi connectivity index (χ3v) is 5.49. The number of benzene rings is 2. The summed E-state index contributed by atoms with van der Waals surface area (Å²) in [5.41, 5.74) is 3.71. The van der Waals surface area contributed by atoms with E-state index in [-0.39, 0.29) is 5.82 Å². The second kappa shape index (κ2) is 6.94. The zero-order valence-corrected chi connectivity index (χ0v) is 14.1. The maximum Gasteiger partial charge on any atom is 0.126 e. The van der Waals surface area contributed by atoms with E-state index in [1.54, 1.807) is 12.1 Å². The molecule has 2 aromatic carbocycles. The largest absolute Gasteiger partial charge is 0.355 e. The topological polar surface area (TPSA) is 6.48 Å². The fourth-order valence-electron chi connectivity index (χ4n) is 4.23. The third kappa shape index (κ3) is 3.05. The normalized spacial score (nSPS) is 21.0. The highest BCUT2D eigenvalue weighted by Crippen LogP contribution is 2.33. The molecule has 2 aliphatic heterocycles. The lowest BCUT2D eigenvalue weighted by Gasteiger charge is -2.42. The molecule has 1 unspecified atom stereocenters. The van der Waals surface area contributed by atoms with Crippen molar-refractivity contribution in [1.29, 1.82) is 0 Å². The maximum absolute atomic E-state index is 13.9. The van der Waals surface area contributed by atoms with Gasteiger partial charge in [-0.2, -0.15) is 0 Å². The smallest absolute Gasteiger partial charge is 0.126 e. The van der Waals surface area contributed by atoms with Gasteiger partial charge in [0.05, 0.1) is 6.17 Å². The summed E-state index contributed by atoms with van der Waals surface area (Å²) < 4.78 is 13.9. The lowest BCUT2D eigenvalue weighted by atomic mass is 10.0. The first-order valence-electron chi connectivity index (χ1n) is 9.15. The quantitative estimate of drug-likeness (QED) is 0.830. The van der Waals surface area contributed by atoms with E-state index in [0.717, 1.165) is 38.0 Å². The second-order valence-corrected chi connectivity index (χ2v) is 6.93. The van der Waals surface area contributed by atoms with E-state index in [0.29, 0.717) is 6.17 Å². The first-order valence-corrected chi connectivity index (χ1v) is 9.15. The molecule has 1 atom stereocenters. The van der Waals surface area contributed by atoms with Gasteiger partial charge >= 0.3 is 0 Å². The van der Waals surface area contributed by atoms with Crippen molar-refractivity contribution in [3.05, 3.63) is 65.5 Å². The van der Waals surface area contributed by atoms with Crippen LogP contribution in [0, 0.1) is 5.82 Å². The summed E-state index contributed by atoms with van der Waals surface area (Å²) in [6.45, 7) is 3.17. The van der Waals surface area contributed by atoms with Gasteiger partial charge in [-0.05, 0) is 55.4 Å². The van der Waals surface area contributed by atoms with Gasteiger partial charge in [-0.15, -0.1) is 0 Å². The first-order chi connectivity index (χ1) is 11.8. The molecule has 0 radical (unpaired) electrons. The predicted octanol–water partition coefficient (Wildman–Crippen LogP) is 4.24. The van der Waals surface area contributed by atoms with Crippen molar-refractivity contribution in [2.75, 3.05) is 24.5 Å². The summed E-state index contributed by atoms with van der Waals surface area (Å²) >= 11 is 0. The number of piperidine rings is 1. The zero-order valence-electron chi connectivity index (χ0n) is 14.1. The molecule has 2 aromatic rings. The van der Waals surface area contributed by atoms with Crippen molar-refractivity contribution in [2.24, 2.45) is 0 Å². The van der Waals surface area contributed by atoms with E-state index < -0.39 is 0 Å². The van der Waals surface area contributed by atoms with Crippen molar-refractivity contribution in [1.82, 2.24) is 4.90 Å². The van der Waals surface area contributed by atoms with Crippen LogP contribution in [0.4, 0.5) is 10.1 Å². The van der Waals surface area contributed by atoms with Crippen LogP contribution in [0.3, 0.4) is 0 Å². The molecule has 0 bridgehead atoms. The van der Waals surface area contributed by atoms with Crippen LogP contribution in [0.15, 0.2) is 48.5 Å². The van der Waals surface area contributed by atoms with Gasteiger partial charge in [0.25, 0.3) is 0 Å². The van der Waals surface area contributed by atoms with E-state index in [1.807, 2.05) is 12.1 Å². The van der Waals surface area contributed by atoms with Crippen LogP contribution < -0.4 is 4.90 Å². The number of likely N-dealkylation sites (tertiary alicyclic amines) is 1. The molecule has 24 heavy (non-hydrogen) atoms. The van der Waals surface area contributed by atoms with Crippen LogP contribution in [0.2, 0.25) is 0 Å². The fourth-order valence-corrected chi connectivity index (χ4v) is 4.23. The van der Waals surface area contributed by atoms with Gasteiger partial charge in [-0.1, -0.05) is 36.4 Å². The average Bonchev–Trinajstić information content (AvgIpc) is 3.05. The number of hydrogen-bond donors (Lipinski definition) is 0.